The fourth-order valence-corrected chi connectivity index (χ4v) is 4.91. The smallest absolute Gasteiger partial charge is 0.231 e. The van der Waals surface area contributed by atoms with E-state index in [2.05, 4.69) is 35.1 Å². The van der Waals surface area contributed by atoms with Gasteiger partial charge in [0.25, 0.3) is 0 Å². The van der Waals surface area contributed by atoms with Crippen molar-refractivity contribution in [2.75, 3.05) is 36.9 Å². The third-order valence-electron chi connectivity index (χ3n) is 5.77. The lowest BCUT2D eigenvalue weighted by molar-refractivity contribution is 0.00791. The molecule has 5 rings (SSSR count). The SMILES string of the molecule is Cc1cc(Nc2nc(N[C@H]3CC[C@H](N4CCOCC4)CC3)c3cn[nH]c3n2)sn1. The number of morpholine rings is 1. The zero-order valence-electron chi connectivity index (χ0n) is 16.5. The van der Waals surface area contributed by atoms with E-state index in [4.69, 9.17) is 9.72 Å². The molecule has 3 N–H and O–H groups in total. The maximum absolute atomic E-state index is 5.49. The number of H-pyrrole nitrogens is 1. The first kappa shape index (κ1) is 18.7. The number of hydrogen-bond donors (Lipinski definition) is 3. The molecule has 2 aliphatic rings. The Morgan fingerprint density at radius 2 is 2.00 bits per heavy atom. The van der Waals surface area contributed by atoms with Crippen LogP contribution in [0.4, 0.5) is 16.8 Å². The van der Waals surface area contributed by atoms with Crippen molar-refractivity contribution in [2.45, 2.75) is 44.7 Å². The number of fused-ring (bicyclic) bond motifs is 1. The molecule has 1 saturated heterocycles. The summed E-state index contributed by atoms with van der Waals surface area (Å²) < 4.78 is 9.80. The van der Waals surface area contributed by atoms with E-state index in [1.165, 1.54) is 24.4 Å². The molecule has 0 aromatic carbocycles. The van der Waals surface area contributed by atoms with Crippen molar-refractivity contribution in [1.82, 2.24) is 29.4 Å². The Kier molecular flexibility index (Phi) is 5.30. The third-order valence-corrected chi connectivity index (χ3v) is 6.57. The highest BCUT2D eigenvalue weighted by Gasteiger charge is 2.27. The first-order valence-corrected chi connectivity index (χ1v) is 11.0. The van der Waals surface area contributed by atoms with Gasteiger partial charge in [-0.3, -0.25) is 10.00 Å². The minimum Gasteiger partial charge on any atom is -0.379 e. The predicted molar refractivity (Wildman–Crippen MR) is 114 cm³/mol. The minimum absolute atomic E-state index is 0.416. The lowest BCUT2D eigenvalue weighted by atomic mass is 9.90. The molecule has 1 saturated carbocycles. The van der Waals surface area contributed by atoms with Gasteiger partial charge in [-0.1, -0.05) is 0 Å². The van der Waals surface area contributed by atoms with Gasteiger partial charge in [0.2, 0.25) is 5.95 Å². The number of anilines is 3. The second kappa shape index (κ2) is 8.21. The first-order valence-electron chi connectivity index (χ1n) is 10.2. The van der Waals surface area contributed by atoms with E-state index in [9.17, 15) is 0 Å². The van der Waals surface area contributed by atoms with Gasteiger partial charge in [0, 0.05) is 25.2 Å². The molecule has 4 heterocycles. The lowest BCUT2D eigenvalue weighted by Gasteiger charge is -2.39. The van der Waals surface area contributed by atoms with Crippen LogP contribution in [-0.2, 0) is 4.74 Å². The molecular weight excluding hydrogens is 388 g/mol. The highest BCUT2D eigenvalue weighted by Crippen LogP contribution is 2.29. The van der Waals surface area contributed by atoms with E-state index in [-0.39, 0.29) is 0 Å². The van der Waals surface area contributed by atoms with E-state index in [0.29, 0.717) is 18.0 Å². The number of ether oxygens (including phenoxy) is 1. The largest absolute Gasteiger partial charge is 0.379 e. The molecule has 1 aliphatic carbocycles. The summed E-state index contributed by atoms with van der Waals surface area (Å²) >= 11 is 1.41. The van der Waals surface area contributed by atoms with Gasteiger partial charge in [-0.2, -0.15) is 19.4 Å². The van der Waals surface area contributed by atoms with Crippen LogP contribution in [0.2, 0.25) is 0 Å². The lowest BCUT2D eigenvalue weighted by Crippen LogP contribution is -2.46. The van der Waals surface area contributed by atoms with Gasteiger partial charge in [-0.05, 0) is 50.2 Å². The van der Waals surface area contributed by atoms with Crippen molar-refractivity contribution in [3.8, 4) is 0 Å². The molecule has 29 heavy (non-hydrogen) atoms. The predicted octanol–water partition coefficient (Wildman–Crippen LogP) is 2.92. The van der Waals surface area contributed by atoms with E-state index in [1.54, 1.807) is 6.20 Å². The average Bonchev–Trinajstić information content (AvgIpc) is 3.38. The Hall–Kier alpha value is -2.30. The molecule has 9 nitrogen and oxygen atoms in total. The second-order valence-corrected chi connectivity index (χ2v) is 8.59. The summed E-state index contributed by atoms with van der Waals surface area (Å²) in [7, 11) is 0. The summed E-state index contributed by atoms with van der Waals surface area (Å²) in [5.41, 5.74) is 1.71. The van der Waals surface area contributed by atoms with E-state index in [0.717, 1.165) is 66.7 Å². The molecule has 10 heteroatoms. The molecule has 2 fully saturated rings. The van der Waals surface area contributed by atoms with Crippen LogP contribution in [0.25, 0.3) is 11.0 Å². The average molecular weight is 415 g/mol. The van der Waals surface area contributed by atoms with Crippen LogP contribution in [0.3, 0.4) is 0 Å². The monoisotopic (exact) mass is 414 g/mol. The number of nitrogens with one attached hydrogen (secondary N) is 3. The van der Waals surface area contributed by atoms with Gasteiger partial charge in [-0.15, -0.1) is 0 Å². The Labute approximate surface area is 173 Å². The molecule has 154 valence electrons. The van der Waals surface area contributed by atoms with Gasteiger partial charge < -0.3 is 15.4 Å². The fourth-order valence-electron chi connectivity index (χ4n) is 4.25. The summed E-state index contributed by atoms with van der Waals surface area (Å²) in [5.74, 6) is 1.39. The molecule has 0 radical (unpaired) electrons. The summed E-state index contributed by atoms with van der Waals surface area (Å²) in [6.07, 6.45) is 6.49. The van der Waals surface area contributed by atoms with Crippen molar-refractivity contribution in [3.63, 3.8) is 0 Å². The van der Waals surface area contributed by atoms with Crippen LogP contribution in [0.15, 0.2) is 12.3 Å². The second-order valence-electron chi connectivity index (χ2n) is 7.78. The maximum atomic E-state index is 5.49. The topological polar surface area (TPSA) is 104 Å². The molecule has 3 aromatic rings. The Bertz CT molecular complexity index is 958. The first-order chi connectivity index (χ1) is 14.2. The van der Waals surface area contributed by atoms with Crippen LogP contribution in [0.1, 0.15) is 31.4 Å². The number of rotatable bonds is 5. The quantitative estimate of drug-likeness (QED) is 0.585. The van der Waals surface area contributed by atoms with Crippen molar-refractivity contribution in [2.24, 2.45) is 0 Å². The van der Waals surface area contributed by atoms with Crippen molar-refractivity contribution >= 4 is 39.3 Å². The molecule has 0 bridgehead atoms. The van der Waals surface area contributed by atoms with Crippen molar-refractivity contribution < 1.29 is 4.74 Å². The molecule has 0 amide bonds. The summed E-state index contributed by atoms with van der Waals surface area (Å²) in [6, 6.07) is 3.09. The Morgan fingerprint density at radius 1 is 1.17 bits per heavy atom. The maximum Gasteiger partial charge on any atom is 0.231 e. The summed E-state index contributed by atoms with van der Waals surface area (Å²) in [4.78, 5) is 11.9. The van der Waals surface area contributed by atoms with E-state index >= 15 is 0 Å². The number of hydrogen-bond acceptors (Lipinski definition) is 9. The van der Waals surface area contributed by atoms with Gasteiger partial charge in [0.05, 0.1) is 30.5 Å². The van der Waals surface area contributed by atoms with Crippen LogP contribution < -0.4 is 10.6 Å². The van der Waals surface area contributed by atoms with Gasteiger partial charge in [0.15, 0.2) is 5.65 Å². The zero-order valence-corrected chi connectivity index (χ0v) is 17.3. The minimum atomic E-state index is 0.416. The zero-order chi connectivity index (χ0) is 19.6. The molecule has 1 aliphatic heterocycles. The number of aryl methyl sites for hydroxylation is 1. The van der Waals surface area contributed by atoms with Gasteiger partial charge in [-0.25, -0.2) is 0 Å². The molecule has 0 atom stereocenters. The Balaban J connectivity index is 1.28. The number of aromatic nitrogens is 5. The standard InChI is InChI=1S/C19H26N8OS/c1-12-10-16(29-26-12)22-19-23-17(15-11-20-25-18(15)24-19)21-13-2-4-14(5-3-13)27-6-8-28-9-7-27/h10-11,13-14H,2-9H2,1H3,(H3,20,21,22,23,24,25)/t13-,14-. The molecule has 0 unspecified atom stereocenters. The van der Waals surface area contributed by atoms with Crippen LogP contribution in [0.5, 0.6) is 0 Å². The fraction of sp³-hybridized carbons (Fsp3) is 0.579. The molecular formula is C19H26N8OS. The normalized spacial score (nSPS) is 23.3. The Morgan fingerprint density at radius 3 is 2.76 bits per heavy atom. The highest BCUT2D eigenvalue weighted by atomic mass is 32.1. The van der Waals surface area contributed by atoms with Crippen molar-refractivity contribution in [1.29, 1.82) is 0 Å². The highest BCUT2D eigenvalue weighted by molar-refractivity contribution is 7.10. The van der Waals surface area contributed by atoms with Gasteiger partial charge in [0.1, 0.15) is 10.8 Å². The van der Waals surface area contributed by atoms with Gasteiger partial charge >= 0.3 is 0 Å². The van der Waals surface area contributed by atoms with Crippen LogP contribution >= 0.6 is 11.5 Å². The third kappa shape index (κ3) is 4.19. The summed E-state index contributed by atoms with van der Waals surface area (Å²) in [5, 5.41) is 15.9. The number of nitrogens with zero attached hydrogens (tertiary/aromatic N) is 5. The van der Waals surface area contributed by atoms with E-state index < -0.39 is 0 Å². The number of aromatic amines is 1. The van der Waals surface area contributed by atoms with Crippen molar-refractivity contribution in [3.05, 3.63) is 18.0 Å². The van der Waals surface area contributed by atoms with E-state index in [1.807, 2.05) is 13.0 Å². The summed E-state index contributed by atoms with van der Waals surface area (Å²) in [6.45, 7) is 5.84. The molecule has 0 spiro atoms. The molecule has 3 aromatic heterocycles. The van der Waals surface area contributed by atoms with Crippen LogP contribution in [0, 0.1) is 6.92 Å². The van der Waals surface area contributed by atoms with Crippen LogP contribution in [-0.4, -0.2) is 67.8 Å².